The number of ether oxygens (including phenoxy) is 1. The highest BCUT2D eigenvalue weighted by Gasteiger charge is 2.15. The predicted molar refractivity (Wildman–Crippen MR) is 127 cm³/mol. The second-order valence-electron chi connectivity index (χ2n) is 8.14. The molecule has 0 saturated heterocycles. The molecule has 0 aliphatic carbocycles. The number of nitrogens with zero attached hydrogens (tertiary/aromatic N) is 3. The molecular weight excluding hydrogens is 400 g/mol. The Balaban J connectivity index is 1.27. The van der Waals surface area contributed by atoms with Gasteiger partial charge in [-0.3, -0.25) is 4.79 Å². The lowest BCUT2D eigenvalue weighted by molar-refractivity contribution is -0.121. The molecule has 32 heavy (non-hydrogen) atoms. The lowest BCUT2D eigenvalue weighted by Crippen LogP contribution is -2.26. The van der Waals surface area contributed by atoms with Gasteiger partial charge in [0.15, 0.2) is 5.65 Å². The van der Waals surface area contributed by atoms with Gasteiger partial charge >= 0.3 is 0 Å². The Kier molecular flexibility index (Phi) is 6.81. The van der Waals surface area contributed by atoms with Crippen LogP contribution in [0.2, 0.25) is 0 Å². The molecule has 1 N–H and O–H groups in total. The van der Waals surface area contributed by atoms with Gasteiger partial charge in [-0.15, -0.1) is 0 Å². The second-order valence-corrected chi connectivity index (χ2v) is 8.14. The molecule has 1 amide bonds. The molecule has 1 atom stereocenters. The largest absolute Gasteiger partial charge is 0.374 e. The summed E-state index contributed by atoms with van der Waals surface area (Å²) in [6, 6.07) is 18.2. The lowest BCUT2D eigenvalue weighted by Gasteiger charge is -2.14. The van der Waals surface area contributed by atoms with Crippen LogP contribution in [0.4, 0.5) is 0 Å². The Labute approximate surface area is 188 Å². The van der Waals surface area contributed by atoms with Crippen LogP contribution in [0.5, 0.6) is 0 Å². The average Bonchev–Trinajstić information content (AvgIpc) is 3.18. The molecule has 0 fully saturated rings. The zero-order chi connectivity index (χ0) is 22.5. The molecule has 4 aromatic rings. The predicted octanol–water partition coefficient (Wildman–Crippen LogP) is 4.72. The molecule has 0 saturated carbocycles. The number of hydrogen-bond acceptors (Lipinski definition) is 4. The van der Waals surface area contributed by atoms with Crippen molar-refractivity contribution in [3.05, 3.63) is 77.1 Å². The summed E-state index contributed by atoms with van der Waals surface area (Å²) in [6.07, 6.45) is 1.91. The van der Waals surface area contributed by atoms with Crippen molar-refractivity contribution < 1.29 is 9.53 Å². The summed E-state index contributed by atoms with van der Waals surface area (Å²) in [6.45, 7) is 7.33. The van der Waals surface area contributed by atoms with Crippen molar-refractivity contribution in [1.82, 2.24) is 19.9 Å². The van der Waals surface area contributed by atoms with E-state index >= 15 is 0 Å². The Hall–Kier alpha value is -3.25. The van der Waals surface area contributed by atoms with Crippen molar-refractivity contribution in [1.29, 1.82) is 0 Å². The van der Waals surface area contributed by atoms with Gasteiger partial charge in [0.1, 0.15) is 0 Å². The normalized spacial score (nSPS) is 12.3. The van der Waals surface area contributed by atoms with E-state index in [2.05, 4.69) is 22.5 Å². The number of nitrogens with one attached hydrogen (secondary N) is 1. The van der Waals surface area contributed by atoms with Crippen LogP contribution in [0.25, 0.3) is 16.6 Å². The summed E-state index contributed by atoms with van der Waals surface area (Å²) in [4.78, 5) is 17.1. The molecule has 166 valence electrons. The van der Waals surface area contributed by atoms with Gasteiger partial charge in [0, 0.05) is 36.3 Å². The van der Waals surface area contributed by atoms with E-state index < -0.39 is 0 Å². The monoisotopic (exact) mass is 430 g/mol. The van der Waals surface area contributed by atoms with E-state index in [0.29, 0.717) is 26.0 Å². The number of hydrogen-bond donors (Lipinski definition) is 1. The number of aryl methyl sites for hydroxylation is 2. The average molecular weight is 431 g/mol. The van der Waals surface area contributed by atoms with Crippen molar-refractivity contribution in [3.63, 3.8) is 0 Å². The third kappa shape index (κ3) is 4.81. The molecule has 0 bridgehead atoms. The first kappa shape index (κ1) is 22.0. The number of amides is 1. The van der Waals surface area contributed by atoms with Crippen LogP contribution in [0.1, 0.15) is 48.4 Å². The zero-order valence-electron chi connectivity index (χ0n) is 19.0. The molecule has 0 aliphatic heterocycles. The van der Waals surface area contributed by atoms with E-state index in [9.17, 15) is 4.79 Å². The third-order valence-electron chi connectivity index (χ3n) is 5.90. The highest BCUT2D eigenvalue weighted by molar-refractivity contribution is 5.92. The van der Waals surface area contributed by atoms with Gasteiger partial charge in [-0.05, 0) is 56.9 Å². The molecule has 2 heterocycles. The third-order valence-corrected chi connectivity index (χ3v) is 5.90. The Bertz CT molecular complexity index is 1220. The van der Waals surface area contributed by atoms with Gasteiger partial charge < -0.3 is 10.1 Å². The number of carbonyl (C=O) groups is 1. The lowest BCUT2D eigenvalue weighted by atomic mass is 10.1. The van der Waals surface area contributed by atoms with Crippen LogP contribution in [-0.4, -0.2) is 33.7 Å². The maximum Gasteiger partial charge on any atom is 0.220 e. The van der Waals surface area contributed by atoms with Crippen molar-refractivity contribution in [2.45, 2.75) is 46.1 Å². The molecule has 4 rings (SSSR count). The summed E-state index contributed by atoms with van der Waals surface area (Å²) in [5.41, 5.74) is 6.05. The molecule has 6 heteroatoms. The van der Waals surface area contributed by atoms with Crippen molar-refractivity contribution in [2.75, 3.05) is 13.2 Å². The molecule has 2 aromatic carbocycles. The van der Waals surface area contributed by atoms with Crippen LogP contribution in [0.15, 0.2) is 54.6 Å². The van der Waals surface area contributed by atoms with Gasteiger partial charge in [0.05, 0.1) is 11.6 Å². The minimum absolute atomic E-state index is 0.0469. The van der Waals surface area contributed by atoms with Gasteiger partial charge in [-0.25, -0.2) is 9.50 Å². The summed E-state index contributed by atoms with van der Waals surface area (Å²) in [5, 5.41) is 8.74. The van der Waals surface area contributed by atoms with E-state index in [4.69, 9.17) is 9.72 Å². The van der Waals surface area contributed by atoms with Crippen LogP contribution < -0.4 is 5.32 Å². The number of carbonyl (C=O) groups excluding carboxylic acids is 1. The topological polar surface area (TPSA) is 68.5 Å². The fourth-order valence-corrected chi connectivity index (χ4v) is 4.05. The highest BCUT2D eigenvalue weighted by Crippen LogP contribution is 2.23. The summed E-state index contributed by atoms with van der Waals surface area (Å²) < 4.78 is 7.77. The van der Waals surface area contributed by atoms with E-state index in [1.165, 1.54) is 0 Å². The molecule has 0 spiro atoms. The second kappa shape index (κ2) is 9.92. The zero-order valence-corrected chi connectivity index (χ0v) is 19.0. The van der Waals surface area contributed by atoms with E-state index in [1.54, 1.807) is 0 Å². The first-order valence-corrected chi connectivity index (χ1v) is 11.2. The van der Waals surface area contributed by atoms with Gasteiger partial charge in [-0.2, -0.15) is 5.10 Å². The van der Waals surface area contributed by atoms with Crippen LogP contribution in [0.3, 0.4) is 0 Å². The fraction of sp³-hybridized carbons (Fsp3) is 0.346. The molecular formula is C26H30N4O2. The molecule has 2 aromatic heterocycles. The summed E-state index contributed by atoms with van der Waals surface area (Å²) in [5.74, 6) is 0.0469. The minimum Gasteiger partial charge on any atom is -0.374 e. The number of rotatable bonds is 9. The first-order chi connectivity index (χ1) is 15.5. The molecule has 1 unspecified atom stereocenters. The van der Waals surface area contributed by atoms with Crippen molar-refractivity contribution in [2.24, 2.45) is 0 Å². The number of benzene rings is 2. The summed E-state index contributed by atoms with van der Waals surface area (Å²) >= 11 is 0. The van der Waals surface area contributed by atoms with Gasteiger partial charge in [-0.1, -0.05) is 42.5 Å². The van der Waals surface area contributed by atoms with Crippen LogP contribution in [0, 0.1) is 13.8 Å². The standard InChI is InChI=1S/C26H30N4O2/c1-18-22(19(2)30-26(28-18)23-12-7-8-13-24(23)29-30)14-15-25(31)27-16-9-17-32-20(3)21-10-5-4-6-11-21/h4-8,10-13,20H,9,14-17H2,1-3H3,(H,27,31). The maximum absolute atomic E-state index is 12.4. The van der Waals surface area contributed by atoms with Crippen LogP contribution >= 0.6 is 0 Å². The van der Waals surface area contributed by atoms with E-state index in [0.717, 1.165) is 45.5 Å². The molecule has 0 radical (unpaired) electrons. The Morgan fingerprint density at radius 3 is 2.66 bits per heavy atom. The van der Waals surface area contributed by atoms with E-state index in [-0.39, 0.29) is 12.0 Å². The number of fused-ring (bicyclic) bond motifs is 3. The maximum atomic E-state index is 12.4. The smallest absolute Gasteiger partial charge is 0.220 e. The van der Waals surface area contributed by atoms with Gasteiger partial charge in [0.2, 0.25) is 5.91 Å². The Morgan fingerprint density at radius 2 is 1.84 bits per heavy atom. The van der Waals surface area contributed by atoms with Gasteiger partial charge in [0.25, 0.3) is 0 Å². The van der Waals surface area contributed by atoms with E-state index in [1.807, 2.05) is 67.8 Å². The number of aromatic nitrogens is 3. The highest BCUT2D eigenvalue weighted by atomic mass is 16.5. The summed E-state index contributed by atoms with van der Waals surface area (Å²) in [7, 11) is 0. The molecule has 6 nitrogen and oxygen atoms in total. The SMILES string of the molecule is Cc1nc2c3ccccc3nn2c(C)c1CCC(=O)NCCCOC(C)c1ccccc1. The molecule has 0 aliphatic rings. The van der Waals surface area contributed by atoms with Crippen molar-refractivity contribution >= 4 is 22.5 Å². The van der Waals surface area contributed by atoms with Crippen molar-refractivity contribution in [3.8, 4) is 0 Å². The first-order valence-electron chi connectivity index (χ1n) is 11.2. The quantitative estimate of drug-likeness (QED) is 0.390. The van der Waals surface area contributed by atoms with Crippen LogP contribution in [-0.2, 0) is 16.0 Å². The Morgan fingerprint density at radius 1 is 1.09 bits per heavy atom. The minimum atomic E-state index is 0.0469. The fourth-order valence-electron chi connectivity index (χ4n) is 4.05.